The fourth-order valence-electron chi connectivity index (χ4n) is 2.02. The van der Waals surface area contributed by atoms with Gasteiger partial charge in [0.1, 0.15) is 11.5 Å². The largest absolute Gasteiger partial charge is 0.395 e. The summed E-state index contributed by atoms with van der Waals surface area (Å²) in [5, 5.41) is 10.7. The molecule has 0 fully saturated rings. The van der Waals surface area contributed by atoms with Crippen molar-refractivity contribution in [3.63, 3.8) is 0 Å². The van der Waals surface area contributed by atoms with Gasteiger partial charge in [0.15, 0.2) is 0 Å². The lowest BCUT2D eigenvalue weighted by Crippen LogP contribution is -2.34. The number of pyridine rings is 1. The van der Waals surface area contributed by atoms with E-state index in [1.54, 1.807) is 6.07 Å². The molecule has 1 heterocycles. The summed E-state index contributed by atoms with van der Waals surface area (Å²) in [6.45, 7) is 2.61. The zero-order valence-corrected chi connectivity index (χ0v) is 10.8. The smallest absolute Gasteiger partial charge is 0.272 e. The SMILES string of the molecule is CCN(CCO)C(=O)c1cc2ccccc2c(N)n1. The minimum Gasteiger partial charge on any atom is -0.395 e. The molecule has 100 valence electrons. The highest BCUT2D eigenvalue weighted by Gasteiger charge is 2.16. The van der Waals surface area contributed by atoms with E-state index in [1.165, 1.54) is 4.90 Å². The van der Waals surface area contributed by atoms with Crippen LogP contribution in [-0.2, 0) is 0 Å². The maximum atomic E-state index is 12.3. The fourth-order valence-corrected chi connectivity index (χ4v) is 2.02. The maximum absolute atomic E-state index is 12.3. The molecule has 0 bridgehead atoms. The first-order valence-electron chi connectivity index (χ1n) is 6.22. The lowest BCUT2D eigenvalue weighted by atomic mass is 10.1. The van der Waals surface area contributed by atoms with Crippen LogP contribution in [0.5, 0.6) is 0 Å². The standard InChI is InChI=1S/C14H17N3O2/c1-2-17(7-8-18)14(19)12-9-10-5-3-4-6-11(10)13(15)16-12/h3-6,9,18H,2,7-8H2,1H3,(H2,15,16). The summed E-state index contributed by atoms with van der Waals surface area (Å²) < 4.78 is 0. The number of carbonyl (C=O) groups is 1. The van der Waals surface area contributed by atoms with Gasteiger partial charge in [-0.25, -0.2) is 4.98 Å². The minimum atomic E-state index is -0.214. The summed E-state index contributed by atoms with van der Waals surface area (Å²) in [7, 11) is 0. The second kappa shape index (κ2) is 5.67. The summed E-state index contributed by atoms with van der Waals surface area (Å²) in [5.41, 5.74) is 6.19. The van der Waals surface area contributed by atoms with Gasteiger partial charge in [0, 0.05) is 18.5 Å². The van der Waals surface area contributed by atoms with Gasteiger partial charge in [-0.1, -0.05) is 24.3 Å². The van der Waals surface area contributed by atoms with E-state index in [4.69, 9.17) is 10.8 Å². The van der Waals surface area contributed by atoms with E-state index in [0.717, 1.165) is 10.8 Å². The number of aliphatic hydroxyl groups is 1. The lowest BCUT2D eigenvalue weighted by molar-refractivity contribution is 0.0726. The van der Waals surface area contributed by atoms with Crippen LogP contribution in [0, 0.1) is 0 Å². The van der Waals surface area contributed by atoms with Crippen molar-refractivity contribution in [2.24, 2.45) is 0 Å². The molecule has 0 atom stereocenters. The van der Waals surface area contributed by atoms with Gasteiger partial charge < -0.3 is 15.7 Å². The van der Waals surface area contributed by atoms with E-state index in [9.17, 15) is 4.79 Å². The molecule has 5 nitrogen and oxygen atoms in total. The predicted octanol–water partition coefficient (Wildman–Crippen LogP) is 1.27. The van der Waals surface area contributed by atoms with Crippen LogP contribution >= 0.6 is 0 Å². The number of nitrogen functional groups attached to an aromatic ring is 1. The lowest BCUT2D eigenvalue weighted by Gasteiger charge is -2.19. The Hall–Kier alpha value is -2.14. The average molecular weight is 259 g/mol. The molecule has 0 saturated heterocycles. The molecule has 0 aliphatic rings. The number of hydrogen-bond donors (Lipinski definition) is 2. The summed E-state index contributed by atoms with van der Waals surface area (Å²) >= 11 is 0. The molecule has 0 unspecified atom stereocenters. The van der Waals surface area contributed by atoms with Crippen molar-refractivity contribution in [2.75, 3.05) is 25.4 Å². The number of fused-ring (bicyclic) bond motifs is 1. The Morgan fingerprint density at radius 1 is 1.42 bits per heavy atom. The maximum Gasteiger partial charge on any atom is 0.272 e. The van der Waals surface area contributed by atoms with Crippen molar-refractivity contribution in [3.05, 3.63) is 36.0 Å². The first-order valence-corrected chi connectivity index (χ1v) is 6.22. The first kappa shape index (κ1) is 13.3. The van der Waals surface area contributed by atoms with Gasteiger partial charge in [-0.3, -0.25) is 4.79 Å². The van der Waals surface area contributed by atoms with Gasteiger partial charge >= 0.3 is 0 Å². The van der Waals surface area contributed by atoms with Crippen LogP contribution in [0.15, 0.2) is 30.3 Å². The van der Waals surface area contributed by atoms with Gasteiger partial charge in [-0.15, -0.1) is 0 Å². The second-order valence-corrected chi connectivity index (χ2v) is 4.22. The number of aromatic nitrogens is 1. The van der Waals surface area contributed by atoms with Gasteiger partial charge in [0.25, 0.3) is 5.91 Å². The van der Waals surface area contributed by atoms with Crippen LogP contribution in [0.4, 0.5) is 5.82 Å². The normalized spacial score (nSPS) is 10.6. The molecule has 0 aliphatic heterocycles. The summed E-state index contributed by atoms with van der Waals surface area (Å²) in [6, 6.07) is 9.27. The molecule has 2 aromatic rings. The zero-order valence-electron chi connectivity index (χ0n) is 10.8. The van der Waals surface area contributed by atoms with Crippen LogP contribution in [0.25, 0.3) is 10.8 Å². The van der Waals surface area contributed by atoms with Crippen LogP contribution in [-0.4, -0.2) is 40.6 Å². The van der Waals surface area contributed by atoms with Gasteiger partial charge in [-0.05, 0) is 18.4 Å². The molecule has 1 aromatic heterocycles. The molecule has 0 aliphatic carbocycles. The number of hydrogen-bond acceptors (Lipinski definition) is 4. The van der Waals surface area contributed by atoms with Gasteiger partial charge in [0.2, 0.25) is 0 Å². The molecule has 0 saturated carbocycles. The van der Waals surface area contributed by atoms with E-state index < -0.39 is 0 Å². The second-order valence-electron chi connectivity index (χ2n) is 4.22. The number of likely N-dealkylation sites (N-methyl/N-ethyl adjacent to an activating group) is 1. The van der Waals surface area contributed by atoms with E-state index in [1.807, 2.05) is 31.2 Å². The van der Waals surface area contributed by atoms with Crippen molar-refractivity contribution in [3.8, 4) is 0 Å². The number of nitrogens with two attached hydrogens (primary N) is 1. The number of carbonyl (C=O) groups excluding carboxylic acids is 1. The number of benzene rings is 1. The van der Waals surface area contributed by atoms with Crippen molar-refractivity contribution in [1.82, 2.24) is 9.88 Å². The third-order valence-corrected chi connectivity index (χ3v) is 3.03. The van der Waals surface area contributed by atoms with Crippen molar-refractivity contribution >= 4 is 22.5 Å². The Morgan fingerprint density at radius 2 is 2.16 bits per heavy atom. The molecule has 0 radical (unpaired) electrons. The minimum absolute atomic E-state index is 0.0668. The number of aliphatic hydroxyl groups excluding tert-OH is 1. The highest BCUT2D eigenvalue weighted by Crippen LogP contribution is 2.20. The Kier molecular flexibility index (Phi) is 3.97. The quantitative estimate of drug-likeness (QED) is 0.866. The molecule has 19 heavy (non-hydrogen) atoms. The van der Waals surface area contributed by atoms with Crippen LogP contribution in [0.1, 0.15) is 17.4 Å². The molecule has 2 rings (SSSR count). The first-order chi connectivity index (χ1) is 9.17. The third kappa shape index (κ3) is 2.66. The van der Waals surface area contributed by atoms with E-state index in [2.05, 4.69) is 4.98 Å². The number of nitrogens with zero attached hydrogens (tertiary/aromatic N) is 2. The van der Waals surface area contributed by atoms with E-state index in [0.29, 0.717) is 24.6 Å². The Balaban J connectivity index is 2.42. The van der Waals surface area contributed by atoms with Gasteiger partial charge in [0.05, 0.1) is 6.61 Å². The molecule has 0 spiro atoms. The Bertz CT molecular complexity index is 598. The highest BCUT2D eigenvalue weighted by molar-refractivity contribution is 5.99. The monoisotopic (exact) mass is 259 g/mol. The number of anilines is 1. The number of amides is 1. The zero-order chi connectivity index (χ0) is 13.8. The molecule has 1 amide bonds. The van der Waals surface area contributed by atoms with Crippen LogP contribution in [0.3, 0.4) is 0 Å². The number of rotatable bonds is 4. The van der Waals surface area contributed by atoms with E-state index >= 15 is 0 Å². The molecule has 1 aromatic carbocycles. The van der Waals surface area contributed by atoms with Crippen LogP contribution < -0.4 is 5.73 Å². The highest BCUT2D eigenvalue weighted by atomic mass is 16.3. The van der Waals surface area contributed by atoms with Crippen LogP contribution in [0.2, 0.25) is 0 Å². The predicted molar refractivity (Wildman–Crippen MR) is 74.8 cm³/mol. The summed E-state index contributed by atoms with van der Waals surface area (Å²) in [6.07, 6.45) is 0. The summed E-state index contributed by atoms with van der Waals surface area (Å²) in [4.78, 5) is 18.0. The fraction of sp³-hybridized carbons (Fsp3) is 0.286. The molecule has 3 N–H and O–H groups in total. The van der Waals surface area contributed by atoms with Crippen molar-refractivity contribution in [1.29, 1.82) is 0 Å². The molecular formula is C14H17N3O2. The Labute approximate surface area is 111 Å². The average Bonchev–Trinajstić information content (AvgIpc) is 2.44. The Morgan fingerprint density at radius 3 is 2.84 bits per heavy atom. The van der Waals surface area contributed by atoms with Crippen molar-refractivity contribution < 1.29 is 9.90 Å². The van der Waals surface area contributed by atoms with Crippen molar-refractivity contribution in [2.45, 2.75) is 6.92 Å². The topological polar surface area (TPSA) is 79.5 Å². The van der Waals surface area contributed by atoms with E-state index in [-0.39, 0.29) is 12.5 Å². The third-order valence-electron chi connectivity index (χ3n) is 3.03. The summed E-state index contributed by atoms with van der Waals surface area (Å²) in [5.74, 6) is 0.135. The van der Waals surface area contributed by atoms with Gasteiger partial charge in [-0.2, -0.15) is 0 Å². The molecule has 5 heteroatoms. The molecular weight excluding hydrogens is 242 g/mol.